The van der Waals surface area contributed by atoms with Crippen LogP contribution in [0.1, 0.15) is 44.1 Å². The molecule has 0 amide bonds. The molecule has 3 rings (SSSR count). The van der Waals surface area contributed by atoms with Gasteiger partial charge >= 0.3 is 0 Å². The molecule has 18 heavy (non-hydrogen) atoms. The second kappa shape index (κ2) is 4.68. The number of rotatable bonds is 2. The highest BCUT2D eigenvalue weighted by Crippen LogP contribution is 2.39. The van der Waals surface area contributed by atoms with Gasteiger partial charge in [0.1, 0.15) is 5.75 Å². The van der Waals surface area contributed by atoms with Crippen molar-refractivity contribution < 1.29 is 4.74 Å². The number of aromatic amines is 1. The van der Waals surface area contributed by atoms with E-state index in [-0.39, 0.29) is 0 Å². The van der Waals surface area contributed by atoms with Gasteiger partial charge in [-0.1, -0.05) is 31.9 Å². The lowest BCUT2D eigenvalue weighted by Crippen LogP contribution is -2.10. The first-order chi connectivity index (χ1) is 8.79. The van der Waals surface area contributed by atoms with Crippen molar-refractivity contribution in [3.63, 3.8) is 0 Å². The van der Waals surface area contributed by atoms with Crippen LogP contribution in [0.25, 0.3) is 10.9 Å². The van der Waals surface area contributed by atoms with Gasteiger partial charge in [-0.15, -0.1) is 0 Å². The summed E-state index contributed by atoms with van der Waals surface area (Å²) < 4.78 is 5.41. The van der Waals surface area contributed by atoms with Crippen LogP contribution in [0.2, 0.25) is 0 Å². The lowest BCUT2D eigenvalue weighted by molar-refractivity contribution is 0.349. The Morgan fingerprint density at radius 1 is 1.17 bits per heavy atom. The van der Waals surface area contributed by atoms with Gasteiger partial charge in [0.25, 0.3) is 0 Å². The number of H-pyrrole nitrogens is 1. The summed E-state index contributed by atoms with van der Waals surface area (Å²) in [5.41, 5.74) is 2.63. The molecule has 1 saturated carbocycles. The average Bonchev–Trinajstić information content (AvgIpc) is 2.83. The summed E-state index contributed by atoms with van der Waals surface area (Å²) in [5.74, 6) is 2.57. The Kier molecular flexibility index (Phi) is 3.02. The van der Waals surface area contributed by atoms with Crippen molar-refractivity contribution in [2.75, 3.05) is 7.11 Å². The van der Waals surface area contributed by atoms with Crippen molar-refractivity contribution >= 4 is 10.9 Å². The predicted molar refractivity (Wildman–Crippen MR) is 75.2 cm³/mol. The fourth-order valence-electron chi connectivity index (χ4n) is 3.23. The summed E-state index contributed by atoms with van der Waals surface area (Å²) >= 11 is 0. The van der Waals surface area contributed by atoms with E-state index in [1.54, 1.807) is 7.11 Å². The molecule has 96 valence electrons. The number of methoxy groups -OCH3 is 1. The van der Waals surface area contributed by atoms with Crippen molar-refractivity contribution in [3.8, 4) is 5.75 Å². The van der Waals surface area contributed by atoms with Crippen LogP contribution in [0, 0.1) is 5.92 Å². The summed E-state index contributed by atoms with van der Waals surface area (Å²) in [4.78, 5) is 3.39. The van der Waals surface area contributed by atoms with E-state index in [2.05, 4.69) is 30.2 Å². The first-order valence-electron chi connectivity index (χ1n) is 6.93. The average molecular weight is 243 g/mol. The number of para-hydroxylation sites is 1. The Labute approximate surface area is 108 Å². The minimum atomic E-state index is 0.724. The standard InChI is InChI=1S/C16H21NO/c1-11-6-8-12(9-7-11)14-10-17-16-13(14)4-3-5-15(16)18-2/h3-5,10-12,17H,6-9H2,1-2H3. The summed E-state index contributed by atoms with van der Waals surface area (Å²) in [6, 6.07) is 6.32. The predicted octanol–water partition coefficient (Wildman–Crippen LogP) is 4.47. The fourth-order valence-corrected chi connectivity index (χ4v) is 3.23. The summed E-state index contributed by atoms with van der Waals surface area (Å²) in [6.07, 6.45) is 7.56. The van der Waals surface area contributed by atoms with Gasteiger partial charge in [0, 0.05) is 11.6 Å². The minimum absolute atomic E-state index is 0.724. The molecule has 0 unspecified atom stereocenters. The van der Waals surface area contributed by atoms with Gasteiger partial charge in [-0.05, 0) is 36.3 Å². The van der Waals surface area contributed by atoms with Crippen molar-refractivity contribution in [2.45, 2.75) is 38.5 Å². The van der Waals surface area contributed by atoms with Crippen LogP contribution in [0.4, 0.5) is 0 Å². The summed E-state index contributed by atoms with van der Waals surface area (Å²) in [7, 11) is 1.73. The molecule has 0 saturated heterocycles. The molecule has 2 aromatic rings. The third-order valence-electron chi connectivity index (χ3n) is 4.38. The van der Waals surface area contributed by atoms with E-state index in [1.807, 2.05) is 6.07 Å². The van der Waals surface area contributed by atoms with Gasteiger partial charge in [0.15, 0.2) is 0 Å². The second-order valence-electron chi connectivity index (χ2n) is 5.58. The maximum Gasteiger partial charge on any atom is 0.142 e. The maximum atomic E-state index is 5.41. The molecule has 1 aliphatic carbocycles. The Morgan fingerprint density at radius 2 is 1.94 bits per heavy atom. The molecule has 0 aliphatic heterocycles. The van der Waals surface area contributed by atoms with E-state index in [4.69, 9.17) is 4.74 Å². The fraction of sp³-hybridized carbons (Fsp3) is 0.500. The smallest absolute Gasteiger partial charge is 0.142 e. The molecule has 0 atom stereocenters. The monoisotopic (exact) mass is 243 g/mol. The van der Waals surface area contributed by atoms with E-state index in [0.717, 1.165) is 23.1 Å². The Balaban J connectivity index is 1.98. The van der Waals surface area contributed by atoms with Crippen molar-refractivity contribution in [1.29, 1.82) is 0 Å². The number of hydrogen-bond donors (Lipinski definition) is 1. The molecule has 1 aromatic heterocycles. The third-order valence-corrected chi connectivity index (χ3v) is 4.38. The Bertz CT molecular complexity index is 535. The molecular formula is C16H21NO. The maximum absolute atomic E-state index is 5.41. The van der Waals surface area contributed by atoms with Gasteiger partial charge in [-0.2, -0.15) is 0 Å². The topological polar surface area (TPSA) is 25.0 Å². The molecule has 1 heterocycles. The first-order valence-corrected chi connectivity index (χ1v) is 6.93. The van der Waals surface area contributed by atoms with E-state index in [0.29, 0.717) is 0 Å². The highest BCUT2D eigenvalue weighted by molar-refractivity contribution is 5.88. The van der Waals surface area contributed by atoms with Crippen LogP contribution in [-0.4, -0.2) is 12.1 Å². The molecule has 1 aromatic carbocycles. The van der Waals surface area contributed by atoms with E-state index in [9.17, 15) is 0 Å². The van der Waals surface area contributed by atoms with Gasteiger partial charge in [-0.3, -0.25) is 0 Å². The third kappa shape index (κ3) is 1.90. The molecular weight excluding hydrogens is 222 g/mol. The number of aromatic nitrogens is 1. The first kappa shape index (κ1) is 11.6. The van der Waals surface area contributed by atoms with E-state index >= 15 is 0 Å². The number of benzene rings is 1. The van der Waals surface area contributed by atoms with E-state index < -0.39 is 0 Å². The highest BCUT2D eigenvalue weighted by Gasteiger charge is 2.22. The molecule has 1 fully saturated rings. The molecule has 2 heteroatoms. The van der Waals surface area contributed by atoms with Crippen LogP contribution in [0.15, 0.2) is 24.4 Å². The number of nitrogens with one attached hydrogen (secondary N) is 1. The quantitative estimate of drug-likeness (QED) is 0.827. The zero-order valence-electron chi connectivity index (χ0n) is 11.2. The zero-order chi connectivity index (χ0) is 12.5. The van der Waals surface area contributed by atoms with Gasteiger partial charge in [0.2, 0.25) is 0 Å². The van der Waals surface area contributed by atoms with Crippen LogP contribution in [0.5, 0.6) is 5.75 Å². The van der Waals surface area contributed by atoms with Crippen molar-refractivity contribution in [2.24, 2.45) is 5.92 Å². The molecule has 1 N–H and O–H groups in total. The molecule has 2 nitrogen and oxygen atoms in total. The lowest BCUT2D eigenvalue weighted by atomic mass is 9.79. The molecule has 0 bridgehead atoms. The van der Waals surface area contributed by atoms with Crippen LogP contribution >= 0.6 is 0 Å². The van der Waals surface area contributed by atoms with Gasteiger partial charge in [0.05, 0.1) is 12.6 Å². The minimum Gasteiger partial charge on any atom is -0.495 e. The van der Waals surface area contributed by atoms with Crippen molar-refractivity contribution in [1.82, 2.24) is 4.98 Å². The Morgan fingerprint density at radius 3 is 2.67 bits per heavy atom. The second-order valence-corrected chi connectivity index (χ2v) is 5.58. The number of fused-ring (bicyclic) bond motifs is 1. The normalized spacial score (nSPS) is 24.3. The summed E-state index contributed by atoms with van der Waals surface area (Å²) in [5, 5.41) is 1.34. The number of ether oxygens (including phenoxy) is 1. The van der Waals surface area contributed by atoms with Crippen molar-refractivity contribution in [3.05, 3.63) is 30.0 Å². The van der Waals surface area contributed by atoms with Crippen LogP contribution in [-0.2, 0) is 0 Å². The molecule has 1 aliphatic rings. The molecule has 0 radical (unpaired) electrons. The highest BCUT2D eigenvalue weighted by atomic mass is 16.5. The SMILES string of the molecule is COc1cccc2c(C3CCC(C)CC3)c[nH]c12. The number of hydrogen-bond acceptors (Lipinski definition) is 1. The van der Waals surface area contributed by atoms with Gasteiger partial charge < -0.3 is 9.72 Å². The van der Waals surface area contributed by atoms with E-state index in [1.165, 1.54) is 36.6 Å². The Hall–Kier alpha value is -1.44. The summed E-state index contributed by atoms with van der Waals surface area (Å²) in [6.45, 7) is 2.37. The van der Waals surface area contributed by atoms with Gasteiger partial charge in [-0.25, -0.2) is 0 Å². The largest absolute Gasteiger partial charge is 0.495 e. The molecule has 0 spiro atoms. The zero-order valence-corrected chi connectivity index (χ0v) is 11.2. The lowest BCUT2D eigenvalue weighted by Gasteiger charge is -2.25. The van der Waals surface area contributed by atoms with Crippen LogP contribution < -0.4 is 4.74 Å². The van der Waals surface area contributed by atoms with Crippen LogP contribution in [0.3, 0.4) is 0 Å².